The average molecular weight is 476 g/mol. The van der Waals surface area contributed by atoms with Gasteiger partial charge in [-0.15, -0.1) is 0 Å². The Morgan fingerprint density at radius 2 is 1.66 bits per heavy atom. The number of aromatic nitrogens is 2. The van der Waals surface area contributed by atoms with E-state index in [4.69, 9.17) is 9.26 Å². The fourth-order valence-corrected chi connectivity index (χ4v) is 5.04. The highest BCUT2D eigenvalue weighted by molar-refractivity contribution is 5.71. The molecule has 8 heteroatoms. The van der Waals surface area contributed by atoms with E-state index >= 15 is 0 Å². The number of hydrogen-bond acceptors (Lipinski definition) is 8. The number of anilines is 1. The van der Waals surface area contributed by atoms with Gasteiger partial charge in [-0.1, -0.05) is 23.4 Å². The summed E-state index contributed by atoms with van der Waals surface area (Å²) in [6, 6.07) is 18.9. The molecule has 184 valence electrons. The van der Waals surface area contributed by atoms with Crippen molar-refractivity contribution in [3.05, 3.63) is 54.6 Å². The van der Waals surface area contributed by atoms with Crippen LogP contribution in [0.25, 0.3) is 22.8 Å². The van der Waals surface area contributed by atoms with E-state index in [2.05, 4.69) is 49.1 Å². The second-order valence-electron chi connectivity index (χ2n) is 9.17. The van der Waals surface area contributed by atoms with Gasteiger partial charge in [0.15, 0.2) is 0 Å². The van der Waals surface area contributed by atoms with Gasteiger partial charge in [-0.2, -0.15) is 4.98 Å². The number of ether oxygens (including phenoxy) is 1. The average Bonchev–Trinajstić information content (AvgIpc) is 3.41. The molecule has 8 nitrogen and oxygen atoms in total. The van der Waals surface area contributed by atoms with Gasteiger partial charge < -0.3 is 14.2 Å². The first-order chi connectivity index (χ1) is 17.2. The zero-order valence-electron chi connectivity index (χ0n) is 20.3. The molecule has 3 heterocycles. The van der Waals surface area contributed by atoms with Crippen molar-refractivity contribution in [3.8, 4) is 22.8 Å². The summed E-state index contributed by atoms with van der Waals surface area (Å²) in [6.07, 6.45) is 2.23. The van der Waals surface area contributed by atoms with Crippen LogP contribution < -0.4 is 4.90 Å². The quantitative estimate of drug-likeness (QED) is 0.481. The molecular formula is C27H33N5O3. The number of carbonyl (C=O) groups is 1. The van der Waals surface area contributed by atoms with Gasteiger partial charge in [-0.05, 0) is 56.2 Å². The minimum atomic E-state index is -0.110. The molecule has 0 unspecified atom stereocenters. The SMILES string of the molecule is CCOC(=O)CN1CCC(N2CCN(c3ccc(-c4noc(-c5ccccc5)n4)cc3)CC2)CC1. The maximum absolute atomic E-state index is 11.7. The molecule has 0 radical (unpaired) electrons. The number of esters is 1. The number of likely N-dealkylation sites (tertiary alicyclic amines) is 1. The summed E-state index contributed by atoms with van der Waals surface area (Å²) in [5, 5.41) is 4.16. The van der Waals surface area contributed by atoms with Gasteiger partial charge in [0.05, 0.1) is 13.2 Å². The molecule has 0 atom stereocenters. The molecule has 2 aliphatic rings. The predicted octanol–water partition coefficient (Wildman–Crippen LogP) is 3.55. The van der Waals surface area contributed by atoms with Crippen molar-refractivity contribution in [2.24, 2.45) is 0 Å². The van der Waals surface area contributed by atoms with Gasteiger partial charge in [-0.25, -0.2) is 0 Å². The molecule has 0 saturated carbocycles. The van der Waals surface area contributed by atoms with E-state index in [1.807, 2.05) is 37.3 Å². The van der Waals surface area contributed by atoms with E-state index in [9.17, 15) is 4.79 Å². The van der Waals surface area contributed by atoms with Crippen molar-refractivity contribution >= 4 is 11.7 Å². The van der Waals surface area contributed by atoms with Gasteiger partial charge in [0.2, 0.25) is 5.82 Å². The summed E-state index contributed by atoms with van der Waals surface area (Å²) in [6.45, 7) is 8.82. The summed E-state index contributed by atoms with van der Waals surface area (Å²) in [7, 11) is 0. The predicted molar refractivity (Wildman–Crippen MR) is 135 cm³/mol. The van der Waals surface area contributed by atoms with Crippen LogP contribution in [0.15, 0.2) is 59.1 Å². The topological polar surface area (TPSA) is 74.9 Å². The van der Waals surface area contributed by atoms with E-state index in [0.717, 1.165) is 63.2 Å². The molecule has 2 aromatic carbocycles. The van der Waals surface area contributed by atoms with E-state index in [0.29, 0.717) is 30.9 Å². The first-order valence-corrected chi connectivity index (χ1v) is 12.6. The molecule has 0 N–H and O–H groups in total. The van der Waals surface area contributed by atoms with Crippen LogP contribution in [0, 0.1) is 0 Å². The van der Waals surface area contributed by atoms with Crippen LogP contribution in [-0.2, 0) is 9.53 Å². The number of piperidine rings is 1. The molecular weight excluding hydrogens is 442 g/mol. The molecule has 2 aliphatic heterocycles. The Balaban J connectivity index is 1.11. The number of hydrogen-bond donors (Lipinski definition) is 0. The minimum Gasteiger partial charge on any atom is -0.465 e. The Morgan fingerprint density at radius 3 is 2.34 bits per heavy atom. The maximum atomic E-state index is 11.7. The third-order valence-electron chi connectivity index (χ3n) is 6.98. The molecule has 0 spiro atoms. The minimum absolute atomic E-state index is 0.110. The fourth-order valence-electron chi connectivity index (χ4n) is 5.04. The normalized spacial score (nSPS) is 18.0. The van der Waals surface area contributed by atoms with Gasteiger partial charge in [0.1, 0.15) is 0 Å². The van der Waals surface area contributed by atoms with Gasteiger partial charge in [-0.3, -0.25) is 14.6 Å². The number of rotatable bonds is 7. The fraction of sp³-hybridized carbons (Fsp3) is 0.444. The highest BCUT2D eigenvalue weighted by atomic mass is 16.5. The van der Waals surface area contributed by atoms with Crippen LogP contribution in [0.2, 0.25) is 0 Å². The second-order valence-corrected chi connectivity index (χ2v) is 9.17. The summed E-state index contributed by atoms with van der Waals surface area (Å²) in [4.78, 5) is 23.6. The van der Waals surface area contributed by atoms with Crippen LogP contribution in [0.4, 0.5) is 5.69 Å². The lowest BCUT2D eigenvalue weighted by molar-refractivity contribution is -0.144. The number of carbonyl (C=O) groups excluding carboxylic acids is 1. The van der Waals surface area contributed by atoms with Crippen LogP contribution in [0.1, 0.15) is 19.8 Å². The van der Waals surface area contributed by atoms with Gasteiger partial charge in [0.25, 0.3) is 5.89 Å². The van der Waals surface area contributed by atoms with Crippen molar-refractivity contribution < 1.29 is 14.1 Å². The smallest absolute Gasteiger partial charge is 0.320 e. The number of benzene rings is 2. The summed E-state index contributed by atoms with van der Waals surface area (Å²) in [5.41, 5.74) is 3.10. The largest absolute Gasteiger partial charge is 0.465 e. The van der Waals surface area contributed by atoms with Crippen LogP contribution in [0.3, 0.4) is 0 Å². The Kier molecular flexibility index (Phi) is 7.39. The van der Waals surface area contributed by atoms with Gasteiger partial charge in [0, 0.05) is 62.1 Å². The van der Waals surface area contributed by atoms with Crippen LogP contribution in [0.5, 0.6) is 0 Å². The monoisotopic (exact) mass is 475 g/mol. The Bertz CT molecular complexity index is 1090. The third kappa shape index (κ3) is 5.71. The van der Waals surface area contributed by atoms with Crippen LogP contribution in [-0.4, -0.2) is 84.4 Å². The van der Waals surface area contributed by atoms with Gasteiger partial charge >= 0.3 is 5.97 Å². The first-order valence-electron chi connectivity index (χ1n) is 12.6. The lowest BCUT2D eigenvalue weighted by Crippen LogP contribution is -2.53. The summed E-state index contributed by atoms with van der Waals surface area (Å²) in [5.74, 6) is 1.03. The molecule has 5 rings (SSSR count). The summed E-state index contributed by atoms with van der Waals surface area (Å²) >= 11 is 0. The zero-order chi connectivity index (χ0) is 24.0. The lowest BCUT2D eigenvalue weighted by atomic mass is 10.0. The third-order valence-corrected chi connectivity index (χ3v) is 6.98. The van der Waals surface area contributed by atoms with Crippen molar-refractivity contribution in [3.63, 3.8) is 0 Å². The highest BCUT2D eigenvalue weighted by Crippen LogP contribution is 2.26. The molecule has 35 heavy (non-hydrogen) atoms. The van der Waals surface area contributed by atoms with Crippen molar-refractivity contribution in [1.29, 1.82) is 0 Å². The molecule has 0 amide bonds. The standard InChI is InChI=1S/C27H33N5O3/c1-2-34-25(33)20-30-14-12-24(13-15-30)32-18-16-31(17-19-32)23-10-8-21(9-11-23)26-28-27(35-29-26)22-6-4-3-5-7-22/h3-11,24H,2,12-20H2,1H3. The maximum Gasteiger partial charge on any atom is 0.320 e. The Morgan fingerprint density at radius 1 is 0.943 bits per heavy atom. The van der Waals surface area contributed by atoms with Crippen molar-refractivity contribution in [1.82, 2.24) is 19.9 Å². The lowest BCUT2D eigenvalue weighted by Gasteiger charge is -2.43. The van der Waals surface area contributed by atoms with E-state index in [1.54, 1.807) is 0 Å². The zero-order valence-corrected chi connectivity index (χ0v) is 20.3. The molecule has 3 aromatic rings. The van der Waals surface area contributed by atoms with E-state index in [-0.39, 0.29) is 5.97 Å². The number of nitrogens with zero attached hydrogens (tertiary/aromatic N) is 5. The summed E-state index contributed by atoms with van der Waals surface area (Å²) < 4.78 is 10.5. The van der Waals surface area contributed by atoms with Crippen molar-refractivity contribution in [2.45, 2.75) is 25.8 Å². The first kappa shape index (κ1) is 23.5. The van der Waals surface area contributed by atoms with Crippen molar-refractivity contribution in [2.75, 3.05) is 57.3 Å². The Labute approximate surface area is 206 Å². The van der Waals surface area contributed by atoms with E-state index < -0.39 is 0 Å². The molecule has 1 aromatic heterocycles. The highest BCUT2D eigenvalue weighted by Gasteiger charge is 2.28. The molecule has 2 fully saturated rings. The Hall–Kier alpha value is -3.23. The second kappa shape index (κ2) is 11.0. The van der Waals surface area contributed by atoms with E-state index in [1.165, 1.54) is 5.69 Å². The van der Waals surface area contributed by atoms with Crippen LogP contribution >= 0.6 is 0 Å². The molecule has 2 saturated heterocycles. The number of piperazine rings is 1. The molecule has 0 aliphatic carbocycles. The molecule has 0 bridgehead atoms.